The first kappa shape index (κ1) is 11.1. The highest BCUT2D eigenvalue weighted by Gasteiger charge is 2.23. The Hall–Kier alpha value is -1.36. The maximum absolute atomic E-state index is 11.1. The molecule has 2 heterocycles. The van der Waals surface area contributed by atoms with E-state index in [1.807, 2.05) is 0 Å². The summed E-state index contributed by atoms with van der Waals surface area (Å²) in [6.07, 6.45) is 3.32. The molecule has 2 rings (SSSR count). The van der Waals surface area contributed by atoms with E-state index in [9.17, 15) is 4.79 Å². The normalized spacial score (nSPS) is 21.4. The summed E-state index contributed by atoms with van der Waals surface area (Å²) >= 11 is 0. The summed E-state index contributed by atoms with van der Waals surface area (Å²) < 4.78 is 0. The minimum Gasteiger partial charge on any atom is -0.394 e. The topological polar surface area (TPSA) is 75.0 Å². The molecule has 1 aromatic heterocycles. The van der Waals surface area contributed by atoms with Gasteiger partial charge in [-0.2, -0.15) is 5.10 Å². The highest BCUT2D eigenvalue weighted by Crippen LogP contribution is 2.19. The number of aromatic amines is 1. The first-order valence-electron chi connectivity index (χ1n) is 5.79. The Morgan fingerprint density at radius 3 is 3.19 bits per heavy atom. The Kier molecular flexibility index (Phi) is 3.24. The van der Waals surface area contributed by atoms with Gasteiger partial charge in [0.15, 0.2) is 0 Å². The van der Waals surface area contributed by atoms with Gasteiger partial charge in [-0.15, -0.1) is 0 Å². The maximum atomic E-state index is 11.1. The van der Waals surface area contributed by atoms with E-state index in [0.29, 0.717) is 6.04 Å². The number of aromatic nitrogens is 2. The van der Waals surface area contributed by atoms with E-state index in [1.54, 1.807) is 6.07 Å². The van der Waals surface area contributed by atoms with Gasteiger partial charge in [0.2, 0.25) is 0 Å². The van der Waals surface area contributed by atoms with Gasteiger partial charge in [-0.05, 0) is 32.0 Å². The van der Waals surface area contributed by atoms with Crippen molar-refractivity contribution < 1.29 is 0 Å². The molecule has 5 nitrogen and oxygen atoms in total. The van der Waals surface area contributed by atoms with Gasteiger partial charge < -0.3 is 10.6 Å². The molecular weight excluding hydrogens is 204 g/mol. The summed E-state index contributed by atoms with van der Waals surface area (Å²) in [5.74, 6) is 0. The van der Waals surface area contributed by atoms with Gasteiger partial charge >= 0.3 is 0 Å². The average molecular weight is 222 g/mol. The lowest BCUT2D eigenvalue weighted by molar-refractivity contribution is 0.264. The zero-order valence-electron chi connectivity index (χ0n) is 9.57. The number of nitrogens with one attached hydrogen (secondary N) is 1. The van der Waals surface area contributed by atoms with Crippen LogP contribution in [0.1, 0.15) is 25.5 Å². The molecule has 3 N–H and O–H groups in total. The summed E-state index contributed by atoms with van der Waals surface area (Å²) in [6, 6.07) is 2.23. The largest absolute Gasteiger partial charge is 0.394 e. The summed E-state index contributed by atoms with van der Waals surface area (Å²) in [5, 5.41) is 6.45. The Bertz CT molecular complexity index is 415. The average Bonchev–Trinajstić information content (AvgIpc) is 2.71. The van der Waals surface area contributed by atoms with E-state index in [0.717, 1.165) is 18.7 Å². The van der Waals surface area contributed by atoms with Crippen LogP contribution in [0.15, 0.2) is 10.9 Å². The fourth-order valence-corrected chi connectivity index (χ4v) is 2.35. The van der Waals surface area contributed by atoms with Crippen LogP contribution in [0.4, 0.5) is 5.69 Å². The van der Waals surface area contributed by atoms with Crippen molar-refractivity contribution in [2.75, 3.05) is 18.8 Å². The molecule has 1 aromatic rings. The van der Waals surface area contributed by atoms with Gasteiger partial charge in [-0.1, -0.05) is 6.92 Å². The van der Waals surface area contributed by atoms with Crippen LogP contribution in [0.5, 0.6) is 0 Å². The van der Waals surface area contributed by atoms with Crippen molar-refractivity contribution in [2.45, 2.75) is 32.2 Å². The van der Waals surface area contributed by atoms with Crippen LogP contribution < -0.4 is 11.3 Å². The third kappa shape index (κ3) is 2.24. The van der Waals surface area contributed by atoms with Gasteiger partial charge in [0.25, 0.3) is 5.56 Å². The fraction of sp³-hybridized carbons (Fsp3) is 0.636. The Balaban J connectivity index is 2.08. The first-order valence-corrected chi connectivity index (χ1v) is 5.79. The number of anilines is 1. The van der Waals surface area contributed by atoms with Gasteiger partial charge in [-0.3, -0.25) is 4.79 Å². The van der Waals surface area contributed by atoms with Crippen molar-refractivity contribution in [3.8, 4) is 0 Å². The lowest BCUT2D eigenvalue weighted by Crippen LogP contribution is -2.31. The Labute approximate surface area is 94.6 Å². The van der Waals surface area contributed by atoms with Crippen molar-refractivity contribution in [1.82, 2.24) is 15.1 Å². The van der Waals surface area contributed by atoms with E-state index in [4.69, 9.17) is 5.73 Å². The van der Waals surface area contributed by atoms with Crippen molar-refractivity contribution in [3.63, 3.8) is 0 Å². The number of likely N-dealkylation sites (tertiary alicyclic amines) is 1. The predicted octanol–water partition coefficient (Wildman–Crippen LogP) is 0.379. The van der Waals surface area contributed by atoms with Crippen LogP contribution >= 0.6 is 0 Å². The Morgan fingerprint density at radius 1 is 1.69 bits per heavy atom. The minimum atomic E-state index is -0.303. The summed E-state index contributed by atoms with van der Waals surface area (Å²) in [7, 11) is 0. The molecule has 0 saturated carbocycles. The molecule has 1 atom stereocenters. The first-order chi connectivity index (χ1) is 7.70. The molecule has 5 heteroatoms. The fourth-order valence-electron chi connectivity index (χ4n) is 2.35. The second kappa shape index (κ2) is 4.65. The lowest BCUT2D eigenvalue weighted by atomic mass is 10.1. The highest BCUT2D eigenvalue weighted by atomic mass is 16.1. The monoisotopic (exact) mass is 222 g/mol. The van der Waals surface area contributed by atoms with Crippen LogP contribution in [0.2, 0.25) is 0 Å². The molecule has 0 radical (unpaired) electrons. The summed E-state index contributed by atoms with van der Waals surface area (Å²) in [4.78, 5) is 13.5. The molecule has 0 spiro atoms. The van der Waals surface area contributed by atoms with Gasteiger partial charge in [0.1, 0.15) is 5.69 Å². The quantitative estimate of drug-likeness (QED) is 0.775. The molecule has 1 saturated heterocycles. The van der Waals surface area contributed by atoms with E-state index in [-0.39, 0.29) is 11.2 Å². The lowest BCUT2D eigenvalue weighted by Gasteiger charge is -2.22. The van der Waals surface area contributed by atoms with Crippen molar-refractivity contribution in [1.29, 1.82) is 0 Å². The number of hydrogen-bond acceptors (Lipinski definition) is 4. The molecule has 88 valence electrons. The number of likely N-dealkylation sites (N-methyl/N-ethyl adjacent to an activating group) is 1. The van der Waals surface area contributed by atoms with Crippen molar-refractivity contribution in [2.24, 2.45) is 0 Å². The molecule has 0 amide bonds. The minimum absolute atomic E-state index is 0.256. The summed E-state index contributed by atoms with van der Waals surface area (Å²) in [5.41, 5.74) is 6.39. The number of nitrogens with two attached hydrogens (primary N) is 1. The van der Waals surface area contributed by atoms with Crippen LogP contribution in [-0.2, 0) is 6.42 Å². The van der Waals surface area contributed by atoms with Crippen LogP contribution in [0, 0.1) is 0 Å². The van der Waals surface area contributed by atoms with Gasteiger partial charge in [0.05, 0.1) is 5.69 Å². The van der Waals surface area contributed by atoms with Crippen LogP contribution in [0.25, 0.3) is 0 Å². The maximum Gasteiger partial charge on any atom is 0.287 e. The van der Waals surface area contributed by atoms with E-state index in [1.165, 1.54) is 19.4 Å². The molecule has 0 aliphatic carbocycles. The van der Waals surface area contributed by atoms with Crippen molar-refractivity contribution >= 4 is 5.69 Å². The molecule has 1 aliphatic rings. The van der Waals surface area contributed by atoms with E-state index >= 15 is 0 Å². The number of nitrogen functional groups attached to an aromatic ring is 1. The molecular formula is C11H18N4O. The molecule has 1 aliphatic heterocycles. The van der Waals surface area contributed by atoms with Crippen molar-refractivity contribution in [3.05, 3.63) is 22.1 Å². The molecule has 0 bridgehead atoms. The smallest absolute Gasteiger partial charge is 0.287 e. The number of rotatable bonds is 3. The van der Waals surface area contributed by atoms with Crippen LogP contribution in [0.3, 0.4) is 0 Å². The molecule has 1 unspecified atom stereocenters. The van der Waals surface area contributed by atoms with Crippen LogP contribution in [-0.4, -0.2) is 34.2 Å². The number of H-pyrrole nitrogens is 1. The third-order valence-electron chi connectivity index (χ3n) is 3.24. The second-order valence-electron chi connectivity index (χ2n) is 4.27. The standard InChI is InChI=1S/C11H18N4O/c1-2-15-5-3-4-9(15)6-8-7-10(12)11(16)14-13-8/h7,9H,2-6H2,1H3,(H2,12,13)(H,14,16). The van der Waals surface area contributed by atoms with E-state index in [2.05, 4.69) is 22.0 Å². The molecule has 16 heavy (non-hydrogen) atoms. The molecule has 0 aromatic carbocycles. The number of hydrogen-bond donors (Lipinski definition) is 2. The summed E-state index contributed by atoms with van der Waals surface area (Å²) in [6.45, 7) is 4.41. The number of nitrogens with zero attached hydrogens (tertiary/aromatic N) is 2. The van der Waals surface area contributed by atoms with Gasteiger partial charge in [0, 0.05) is 12.5 Å². The SMILES string of the molecule is CCN1CCCC1Cc1cc(N)c(=O)[nH]n1. The Morgan fingerprint density at radius 2 is 2.50 bits per heavy atom. The zero-order valence-corrected chi connectivity index (χ0v) is 9.57. The predicted molar refractivity (Wildman–Crippen MR) is 63.2 cm³/mol. The molecule has 1 fully saturated rings. The van der Waals surface area contributed by atoms with Gasteiger partial charge in [-0.25, -0.2) is 5.10 Å². The third-order valence-corrected chi connectivity index (χ3v) is 3.24. The zero-order chi connectivity index (χ0) is 11.5. The highest BCUT2D eigenvalue weighted by molar-refractivity contribution is 5.34. The van der Waals surface area contributed by atoms with E-state index < -0.39 is 0 Å². The second-order valence-corrected chi connectivity index (χ2v) is 4.27.